The number of rotatable bonds is 5. The predicted octanol–water partition coefficient (Wildman–Crippen LogP) is 3.08. The fourth-order valence-electron chi connectivity index (χ4n) is 3.46. The lowest BCUT2D eigenvalue weighted by Gasteiger charge is -2.36. The molecule has 1 aromatic heterocycles. The lowest BCUT2D eigenvalue weighted by atomic mass is 10.2. The molecule has 140 valence electrons. The second kappa shape index (κ2) is 8.06. The smallest absolute Gasteiger partial charge is 0.236 e. The van der Waals surface area contributed by atoms with Gasteiger partial charge in [-0.05, 0) is 31.3 Å². The molecule has 27 heavy (non-hydrogen) atoms. The second-order valence-corrected chi connectivity index (χ2v) is 8.07. The number of hydrogen-bond donors (Lipinski definition) is 0. The summed E-state index contributed by atoms with van der Waals surface area (Å²) >= 11 is 1.70. The molecule has 2 heterocycles. The van der Waals surface area contributed by atoms with Gasteiger partial charge in [-0.3, -0.25) is 9.69 Å². The average Bonchev–Trinajstić information content (AvgIpc) is 3.10. The first kappa shape index (κ1) is 17.9. The maximum atomic E-state index is 12.7. The first-order chi connectivity index (χ1) is 13.2. The van der Waals surface area contributed by atoms with E-state index in [0.29, 0.717) is 13.1 Å². The molecule has 1 fully saturated rings. The largest absolute Gasteiger partial charge is 0.368 e. The van der Waals surface area contributed by atoms with Crippen LogP contribution in [-0.4, -0.2) is 60.5 Å². The topological polar surface area (TPSA) is 39.7 Å². The number of thiazole rings is 1. The van der Waals surface area contributed by atoms with E-state index in [1.165, 1.54) is 10.4 Å². The Balaban J connectivity index is 1.29. The first-order valence-corrected chi connectivity index (χ1v) is 10.1. The van der Waals surface area contributed by atoms with Crippen molar-refractivity contribution in [3.63, 3.8) is 0 Å². The van der Waals surface area contributed by atoms with E-state index in [1.807, 2.05) is 36.2 Å². The van der Waals surface area contributed by atoms with Crippen molar-refractivity contribution in [1.29, 1.82) is 0 Å². The van der Waals surface area contributed by atoms with Crippen LogP contribution in [0.15, 0.2) is 54.6 Å². The number of benzene rings is 2. The van der Waals surface area contributed by atoms with E-state index in [2.05, 4.69) is 45.1 Å². The van der Waals surface area contributed by atoms with Gasteiger partial charge in [-0.25, -0.2) is 4.98 Å². The molecule has 1 saturated heterocycles. The van der Waals surface area contributed by atoms with Crippen molar-refractivity contribution < 1.29 is 4.79 Å². The van der Waals surface area contributed by atoms with Crippen LogP contribution in [0.5, 0.6) is 0 Å². The molecule has 0 bridgehead atoms. The highest BCUT2D eigenvalue weighted by Crippen LogP contribution is 2.22. The number of fused-ring (bicyclic) bond motifs is 1. The van der Waals surface area contributed by atoms with Gasteiger partial charge >= 0.3 is 0 Å². The molecule has 4 rings (SSSR count). The van der Waals surface area contributed by atoms with E-state index < -0.39 is 0 Å². The number of piperazine rings is 1. The number of aromatic nitrogens is 1. The molecule has 0 aliphatic carbocycles. The quantitative estimate of drug-likeness (QED) is 0.682. The van der Waals surface area contributed by atoms with E-state index in [4.69, 9.17) is 0 Å². The molecule has 0 unspecified atom stereocenters. The number of anilines is 1. The highest BCUT2D eigenvalue weighted by Gasteiger charge is 2.22. The zero-order valence-electron chi connectivity index (χ0n) is 15.5. The van der Waals surface area contributed by atoms with Crippen LogP contribution < -0.4 is 4.90 Å². The Labute approximate surface area is 163 Å². The van der Waals surface area contributed by atoms with Crippen molar-refractivity contribution in [2.45, 2.75) is 6.54 Å². The highest BCUT2D eigenvalue weighted by atomic mass is 32.1. The van der Waals surface area contributed by atoms with Crippen molar-refractivity contribution in [1.82, 2.24) is 14.8 Å². The zero-order chi connectivity index (χ0) is 18.6. The zero-order valence-corrected chi connectivity index (χ0v) is 16.4. The van der Waals surface area contributed by atoms with E-state index in [-0.39, 0.29) is 5.91 Å². The molecule has 1 aliphatic heterocycles. The monoisotopic (exact) mass is 380 g/mol. The van der Waals surface area contributed by atoms with Crippen LogP contribution in [-0.2, 0) is 11.3 Å². The van der Waals surface area contributed by atoms with Crippen LogP contribution in [0.1, 0.15) is 5.01 Å². The summed E-state index contributed by atoms with van der Waals surface area (Å²) in [6.45, 7) is 4.47. The van der Waals surface area contributed by atoms with Crippen molar-refractivity contribution in [3.8, 4) is 0 Å². The number of amides is 1. The lowest BCUT2D eigenvalue weighted by Crippen LogP contribution is -2.51. The minimum absolute atomic E-state index is 0.200. The summed E-state index contributed by atoms with van der Waals surface area (Å²) in [5, 5.41) is 1.06. The molecule has 6 heteroatoms. The van der Waals surface area contributed by atoms with Crippen molar-refractivity contribution in [2.24, 2.45) is 0 Å². The number of likely N-dealkylation sites (N-methyl/N-ethyl adjacent to an activating group) is 1. The lowest BCUT2D eigenvalue weighted by molar-refractivity contribution is -0.132. The number of para-hydroxylation sites is 2. The Morgan fingerprint density at radius 1 is 1.04 bits per heavy atom. The normalized spacial score (nSPS) is 14.9. The van der Waals surface area contributed by atoms with Crippen LogP contribution in [0.3, 0.4) is 0 Å². The SMILES string of the molecule is CN(CC(=O)N1CCN(c2ccccc2)CC1)Cc1nc2ccccc2s1. The van der Waals surface area contributed by atoms with Crippen LogP contribution >= 0.6 is 11.3 Å². The Bertz CT molecular complexity index is 870. The van der Waals surface area contributed by atoms with Gasteiger partial charge in [0.05, 0.1) is 23.3 Å². The molecule has 1 aliphatic rings. The average molecular weight is 381 g/mol. The Morgan fingerprint density at radius 3 is 2.48 bits per heavy atom. The van der Waals surface area contributed by atoms with Gasteiger partial charge in [0, 0.05) is 31.9 Å². The van der Waals surface area contributed by atoms with Gasteiger partial charge in [0.2, 0.25) is 5.91 Å². The molecule has 0 atom stereocenters. The molecule has 3 aromatic rings. The third-order valence-corrected chi connectivity index (χ3v) is 5.92. The number of carbonyl (C=O) groups excluding carboxylic acids is 1. The molecule has 2 aromatic carbocycles. The van der Waals surface area contributed by atoms with Gasteiger partial charge in [-0.1, -0.05) is 30.3 Å². The molecule has 5 nitrogen and oxygen atoms in total. The van der Waals surface area contributed by atoms with Gasteiger partial charge in [0.25, 0.3) is 0 Å². The Kier molecular flexibility index (Phi) is 5.36. The molecule has 1 amide bonds. The summed E-state index contributed by atoms with van der Waals surface area (Å²) in [5.74, 6) is 0.200. The van der Waals surface area contributed by atoms with Gasteiger partial charge < -0.3 is 9.80 Å². The number of carbonyl (C=O) groups is 1. The van der Waals surface area contributed by atoms with Gasteiger partial charge in [0.15, 0.2) is 0 Å². The van der Waals surface area contributed by atoms with E-state index in [0.717, 1.165) is 36.7 Å². The highest BCUT2D eigenvalue weighted by molar-refractivity contribution is 7.18. The van der Waals surface area contributed by atoms with Crippen molar-refractivity contribution >= 4 is 33.1 Å². The summed E-state index contributed by atoms with van der Waals surface area (Å²) in [5.41, 5.74) is 2.27. The van der Waals surface area contributed by atoms with E-state index in [9.17, 15) is 4.79 Å². The maximum absolute atomic E-state index is 12.7. The number of nitrogens with zero attached hydrogens (tertiary/aromatic N) is 4. The van der Waals surface area contributed by atoms with E-state index in [1.54, 1.807) is 11.3 Å². The first-order valence-electron chi connectivity index (χ1n) is 9.30. The van der Waals surface area contributed by atoms with Crippen molar-refractivity contribution in [3.05, 3.63) is 59.6 Å². The minimum Gasteiger partial charge on any atom is -0.368 e. The Morgan fingerprint density at radius 2 is 1.74 bits per heavy atom. The predicted molar refractivity (Wildman–Crippen MR) is 111 cm³/mol. The van der Waals surface area contributed by atoms with Gasteiger partial charge in [-0.15, -0.1) is 11.3 Å². The summed E-state index contributed by atoms with van der Waals surface area (Å²) < 4.78 is 1.20. The van der Waals surface area contributed by atoms with E-state index >= 15 is 0 Å². The molecular formula is C21H24N4OS. The van der Waals surface area contributed by atoms with Crippen molar-refractivity contribution in [2.75, 3.05) is 44.7 Å². The molecule has 0 radical (unpaired) electrons. The van der Waals surface area contributed by atoms with Crippen LogP contribution in [0.4, 0.5) is 5.69 Å². The van der Waals surface area contributed by atoms with Crippen LogP contribution in [0.25, 0.3) is 10.2 Å². The molecular weight excluding hydrogens is 356 g/mol. The summed E-state index contributed by atoms with van der Waals surface area (Å²) in [4.78, 5) is 23.7. The summed E-state index contributed by atoms with van der Waals surface area (Å²) in [6.07, 6.45) is 0. The molecule has 0 saturated carbocycles. The minimum atomic E-state index is 0.200. The maximum Gasteiger partial charge on any atom is 0.236 e. The van der Waals surface area contributed by atoms with Gasteiger partial charge in [-0.2, -0.15) is 0 Å². The third kappa shape index (κ3) is 4.28. The second-order valence-electron chi connectivity index (χ2n) is 6.95. The Hall–Kier alpha value is -2.44. The van der Waals surface area contributed by atoms with Gasteiger partial charge in [0.1, 0.15) is 5.01 Å². The third-order valence-electron chi connectivity index (χ3n) is 4.90. The molecule has 0 spiro atoms. The standard InChI is InChI=1S/C21H24N4OS/c1-23(15-20-22-18-9-5-6-10-19(18)27-20)16-21(26)25-13-11-24(12-14-25)17-7-3-2-4-8-17/h2-10H,11-16H2,1H3. The van der Waals surface area contributed by atoms with Crippen LogP contribution in [0, 0.1) is 0 Å². The summed E-state index contributed by atoms with van der Waals surface area (Å²) in [6, 6.07) is 18.6. The fraction of sp³-hybridized carbons (Fsp3) is 0.333. The fourth-order valence-corrected chi connectivity index (χ4v) is 4.51. The van der Waals surface area contributed by atoms with Crippen LogP contribution in [0.2, 0.25) is 0 Å². The number of hydrogen-bond acceptors (Lipinski definition) is 5. The molecule has 0 N–H and O–H groups in total. The summed E-state index contributed by atoms with van der Waals surface area (Å²) in [7, 11) is 1.99.